The van der Waals surface area contributed by atoms with Crippen molar-refractivity contribution in [3.63, 3.8) is 0 Å². The first-order valence-electron chi connectivity index (χ1n) is 21.1. The van der Waals surface area contributed by atoms with E-state index in [0.717, 1.165) is 23.7 Å². The lowest BCUT2D eigenvalue weighted by Gasteiger charge is -2.76. The molecule has 0 saturated heterocycles. The fourth-order valence-corrected chi connectivity index (χ4v) is 13.9. The highest BCUT2D eigenvalue weighted by Crippen LogP contribution is 2.89. The fourth-order valence-electron chi connectivity index (χ4n) is 13.9. The van der Waals surface area contributed by atoms with Gasteiger partial charge in [0.05, 0.1) is 0 Å². The molecule has 6 aromatic rings. The minimum atomic E-state index is 0.136. The lowest BCUT2D eigenvalue weighted by Crippen LogP contribution is -2.73. The number of hydrogen-bond donors (Lipinski definition) is 0. The fraction of sp³-hybridized carbons (Fsp3) is 0.333. The highest BCUT2D eigenvalue weighted by Gasteiger charge is 2.84. The smallest absolute Gasteiger partial charge is 0.0464 e. The normalized spacial score (nSPS) is 29.1. The van der Waals surface area contributed by atoms with Gasteiger partial charge >= 0.3 is 0 Å². The second kappa shape index (κ2) is 10.9. The van der Waals surface area contributed by atoms with Crippen LogP contribution < -0.4 is 4.90 Å². The Morgan fingerprint density at radius 3 is 1.76 bits per heavy atom. The summed E-state index contributed by atoms with van der Waals surface area (Å²) in [6, 6.07) is 53.6. The zero-order valence-corrected chi connectivity index (χ0v) is 32.8. The van der Waals surface area contributed by atoms with Crippen LogP contribution in [-0.2, 0) is 16.2 Å². The van der Waals surface area contributed by atoms with Gasteiger partial charge in [0.2, 0.25) is 0 Å². The molecule has 6 aliphatic carbocycles. The zero-order valence-electron chi connectivity index (χ0n) is 32.8. The van der Waals surface area contributed by atoms with Crippen molar-refractivity contribution >= 4 is 17.1 Å². The molecule has 1 heteroatoms. The molecule has 0 aliphatic heterocycles. The maximum absolute atomic E-state index is 2.63. The molecule has 0 N–H and O–H groups in total. The van der Waals surface area contributed by atoms with Crippen LogP contribution in [0.5, 0.6) is 0 Å². The van der Waals surface area contributed by atoms with Crippen LogP contribution in [0.15, 0.2) is 140 Å². The van der Waals surface area contributed by atoms with Crippen molar-refractivity contribution in [2.75, 3.05) is 4.90 Å². The van der Waals surface area contributed by atoms with E-state index in [0.29, 0.717) is 5.41 Å². The van der Waals surface area contributed by atoms with Crippen molar-refractivity contribution in [1.82, 2.24) is 0 Å². The summed E-state index contributed by atoms with van der Waals surface area (Å²) in [6.07, 6.45) is 8.33. The Hall–Kier alpha value is -4.88. The molecule has 2 spiro atoms. The van der Waals surface area contributed by atoms with Crippen molar-refractivity contribution in [1.29, 1.82) is 0 Å². The van der Waals surface area contributed by atoms with Crippen molar-refractivity contribution in [2.45, 2.75) is 82.5 Å². The number of nitrogens with zero attached hydrogens (tertiary/aromatic N) is 1. The van der Waals surface area contributed by atoms with Crippen molar-refractivity contribution in [3.05, 3.63) is 162 Å². The molecule has 55 heavy (non-hydrogen) atoms. The summed E-state index contributed by atoms with van der Waals surface area (Å²) in [6.45, 7) is 9.70. The van der Waals surface area contributed by atoms with Crippen molar-refractivity contribution < 1.29 is 0 Å². The van der Waals surface area contributed by atoms with Crippen LogP contribution in [0.3, 0.4) is 0 Å². The van der Waals surface area contributed by atoms with Crippen LogP contribution in [0.25, 0.3) is 33.4 Å². The second-order valence-electron chi connectivity index (χ2n) is 19.7. The molecule has 6 atom stereocenters. The molecule has 0 aromatic heterocycles. The Labute approximate surface area is 327 Å². The van der Waals surface area contributed by atoms with E-state index in [1.54, 1.807) is 11.1 Å². The third-order valence-electron chi connectivity index (χ3n) is 16.4. The number of fused-ring (bicyclic) bond motifs is 9. The molecule has 6 unspecified atom stereocenters. The molecule has 2 bridgehead atoms. The average Bonchev–Trinajstić information content (AvgIpc) is 3.84. The molecule has 0 radical (unpaired) electrons. The van der Waals surface area contributed by atoms with Gasteiger partial charge in [-0.2, -0.15) is 0 Å². The number of hydrogen-bond acceptors (Lipinski definition) is 1. The molecule has 4 fully saturated rings. The molecular formula is C54H51N. The Morgan fingerprint density at radius 1 is 0.455 bits per heavy atom. The molecule has 6 aromatic carbocycles. The monoisotopic (exact) mass is 713 g/mol. The van der Waals surface area contributed by atoms with E-state index in [4.69, 9.17) is 0 Å². The molecular weight excluding hydrogens is 663 g/mol. The maximum atomic E-state index is 2.63. The van der Waals surface area contributed by atoms with Crippen LogP contribution in [0, 0.1) is 29.1 Å². The average molecular weight is 714 g/mol. The van der Waals surface area contributed by atoms with E-state index in [9.17, 15) is 0 Å². The summed E-state index contributed by atoms with van der Waals surface area (Å²) in [5, 5.41) is 0. The Bertz CT molecular complexity index is 2520. The predicted molar refractivity (Wildman–Crippen MR) is 228 cm³/mol. The van der Waals surface area contributed by atoms with Crippen LogP contribution in [0.4, 0.5) is 17.1 Å². The first-order valence-corrected chi connectivity index (χ1v) is 21.1. The van der Waals surface area contributed by atoms with Gasteiger partial charge in [-0.25, -0.2) is 0 Å². The maximum Gasteiger partial charge on any atom is 0.0464 e. The first kappa shape index (κ1) is 32.4. The minimum Gasteiger partial charge on any atom is -0.310 e. The van der Waals surface area contributed by atoms with E-state index >= 15 is 0 Å². The summed E-state index contributed by atoms with van der Waals surface area (Å²) >= 11 is 0. The third-order valence-corrected chi connectivity index (χ3v) is 16.4. The summed E-state index contributed by atoms with van der Waals surface area (Å²) in [5.41, 5.74) is 19.2. The van der Waals surface area contributed by atoms with Gasteiger partial charge < -0.3 is 4.90 Å². The van der Waals surface area contributed by atoms with Crippen LogP contribution in [0.1, 0.15) is 88.5 Å². The number of benzene rings is 6. The van der Waals surface area contributed by atoms with Gasteiger partial charge in [0.25, 0.3) is 0 Å². The minimum absolute atomic E-state index is 0.136. The summed E-state index contributed by atoms with van der Waals surface area (Å²) in [7, 11) is 0. The Balaban J connectivity index is 0.946. The molecule has 6 aliphatic rings. The predicted octanol–water partition coefficient (Wildman–Crippen LogP) is 14.2. The topological polar surface area (TPSA) is 3.24 Å². The van der Waals surface area contributed by atoms with Gasteiger partial charge in [-0.1, -0.05) is 125 Å². The molecule has 0 heterocycles. The quantitative estimate of drug-likeness (QED) is 0.172. The van der Waals surface area contributed by atoms with Gasteiger partial charge in [0.1, 0.15) is 0 Å². The Kier molecular flexibility index (Phi) is 6.42. The molecule has 12 rings (SSSR count). The summed E-state index contributed by atoms with van der Waals surface area (Å²) < 4.78 is 0. The first-order chi connectivity index (χ1) is 26.7. The van der Waals surface area contributed by atoms with E-state index in [2.05, 4.69) is 172 Å². The molecule has 1 nitrogen and oxygen atoms in total. The van der Waals surface area contributed by atoms with Crippen LogP contribution in [-0.4, -0.2) is 0 Å². The van der Waals surface area contributed by atoms with Gasteiger partial charge in [0.15, 0.2) is 0 Å². The lowest BCUT2D eigenvalue weighted by atomic mass is 9.27. The van der Waals surface area contributed by atoms with Crippen LogP contribution >= 0.6 is 0 Å². The van der Waals surface area contributed by atoms with Gasteiger partial charge in [-0.3, -0.25) is 0 Å². The SMILES string of the molecule is CC1(C)CCC(C)(C)c2cc(N(c3ccc(-c4ccccc4)cc3)c3ccc(-c4ccc5c(c4)C4(c6ccccc6-5)C5CC6CC7CC4C75C6)cc3)ccc21. The molecule has 0 amide bonds. The summed E-state index contributed by atoms with van der Waals surface area (Å²) in [5.74, 6) is 3.63. The van der Waals surface area contributed by atoms with Gasteiger partial charge in [0, 0.05) is 22.5 Å². The highest BCUT2D eigenvalue weighted by atomic mass is 15.1. The van der Waals surface area contributed by atoms with Gasteiger partial charge in [-0.05, 0) is 177 Å². The van der Waals surface area contributed by atoms with E-state index in [1.165, 1.54) is 100 Å². The number of anilines is 3. The number of rotatable bonds is 5. The summed E-state index contributed by atoms with van der Waals surface area (Å²) in [4.78, 5) is 2.47. The van der Waals surface area contributed by atoms with E-state index < -0.39 is 0 Å². The standard InChI is InChI=1S/C54H51N/c1-51(2)26-27-52(3,4)48-32-42(23-25-46(48)51)55(40-19-14-36(15-20-40)35-10-6-5-7-11-35)41-21-16-37(17-22-41)38-18-24-44-43-12-8-9-13-45(43)54(47(44)30-38)49-29-34-28-39-31-50(54)53(39,49)33-34/h5-25,30,32,34,39,49-50H,26-29,31,33H2,1-4H3. The zero-order chi connectivity index (χ0) is 36.9. The largest absolute Gasteiger partial charge is 0.310 e. The Morgan fingerprint density at radius 2 is 1.04 bits per heavy atom. The molecule has 4 saturated carbocycles. The van der Waals surface area contributed by atoms with Crippen molar-refractivity contribution in [3.8, 4) is 33.4 Å². The van der Waals surface area contributed by atoms with Gasteiger partial charge in [-0.15, -0.1) is 0 Å². The highest BCUT2D eigenvalue weighted by molar-refractivity contribution is 5.87. The lowest BCUT2D eigenvalue weighted by molar-refractivity contribution is -0.231. The second-order valence-corrected chi connectivity index (χ2v) is 19.7. The van der Waals surface area contributed by atoms with Crippen LogP contribution in [0.2, 0.25) is 0 Å². The van der Waals surface area contributed by atoms with Crippen molar-refractivity contribution in [2.24, 2.45) is 29.1 Å². The van der Waals surface area contributed by atoms with E-state index in [1.807, 2.05) is 0 Å². The van der Waals surface area contributed by atoms with E-state index in [-0.39, 0.29) is 16.2 Å². The third kappa shape index (κ3) is 4.15. The molecule has 272 valence electrons.